The van der Waals surface area contributed by atoms with Crippen LogP contribution in [-0.2, 0) is 19.0 Å². The first-order valence-corrected chi connectivity index (χ1v) is 4.99. The molecule has 1 rings (SSSR count). The van der Waals surface area contributed by atoms with Gasteiger partial charge in [-0.2, -0.15) is 22.0 Å². The zero-order chi connectivity index (χ0) is 15.1. The average molecular weight is 290 g/mol. The number of halogens is 5. The van der Waals surface area contributed by atoms with Crippen molar-refractivity contribution in [1.82, 2.24) is 0 Å². The number of rotatable bonds is 3. The molecule has 0 N–H and O–H groups in total. The van der Waals surface area contributed by atoms with Crippen LogP contribution < -0.4 is 0 Å². The molecule has 19 heavy (non-hydrogen) atoms. The largest absolute Gasteiger partial charge is 0.450 e. The first-order valence-electron chi connectivity index (χ1n) is 4.99. The van der Waals surface area contributed by atoms with E-state index in [-0.39, 0.29) is 5.57 Å². The standard InChI is InChI=1S/C10H11F5O4/c1-5(2)7(16)19-6-4-18-9(17-3,8(6,11)12)10(13,14)15/h6H,1,4H2,2-3H3. The topological polar surface area (TPSA) is 44.8 Å². The average Bonchev–Trinajstić information content (AvgIpc) is 2.50. The SMILES string of the molecule is C=C(C)C(=O)OC1COC(OC)(C(F)(F)F)C1(F)F. The molecule has 0 radical (unpaired) electrons. The summed E-state index contributed by atoms with van der Waals surface area (Å²) in [6.45, 7) is 3.17. The summed E-state index contributed by atoms with van der Waals surface area (Å²) < 4.78 is 77.8. The van der Waals surface area contributed by atoms with Crippen LogP contribution in [0.2, 0.25) is 0 Å². The van der Waals surface area contributed by atoms with Crippen LogP contribution in [0, 0.1) is 0 Å². The molecule has 0 saturated carbocycles. The second-order valence-corrected chi connectivity index (χ2v) is 3.93. The van der Waals surface area contributed by atoms with E-state index in [1.807, 2.05) is 0 Å². The third kappa shape index (κ3) is 2.32. The van der Waals surface area contributed by atoms with E-state index < -0.39 is 36.6 Å². The van der Waals surface area contributed by atoms with Crippen LogP contribution in [0.4, 0.5) is 22.0 Å². The minimum Gasteiger partial charge on any atom is -0.450 e. The van der Waals surface area contributed by atoms with E-state index in [1.54, 1.807) is 0 Å². The Labute approximate surface area is 105 Å². The molecule has 4 nitrogen and oxygen atoms in total. The van der Waals surface area contributed by atoms with Gasteiger partial charge in [0.25, 0.3) is 0 Å². The van der Waals surface area contributed by atoms with E-state index in [4.69, 9.17) is 0 Å². The molecule has 9 heteroatoms. The molecule has 0 amide bonds. The lowest BCUT2D eigenvalue weighted by Gasteiger charge is -2.34. The predicted octanol–water partition coefficient (Wildman–Crippen LogP) is 2.04. The van der Waals surface area contributed by atoms with Crippen molar-refractivity contribution in [2.75, 3.05) is 13.7 Å². The van der Waals surface area contributed by atoms with Crippen LogP contribution in [0.1, 0.15) is 6.92 Å². The second-order valence-electron chi connectivity index (χ2n) is 3.93. The highest BCUT2D eigenvalue weighted by molar-refractivity contribution is 5.87. The summed E-state index contributed by atoms with van der Waals surface area (Å²) in [5.41, 5.74) is -0.224. The van der Waals surface area contributed by atoms with Crippen molar-refractivity contribution in [3.8, 4) is 0 Å². The van der Waals surface area contributed by atoms with Crippen molar-refractivity contribution in [3.63, 3.8) is 0 Å². The van der Waals surface area contributed by atoms with E-state index in [0.717, 1.165) is 0 Å². The molecule has 0 bridgehead atoms. The highest BCUT2D eigenvalue weighted by Crippen LogP contribution is 2.51. The molecular formula is C10H11F5O4. The van der Waals surface area contributed by atoms with Crippen LogP contribution in [0.15, 0.2) is 12.2 Å². The number of carbonyl (C=O) groups excluding carboxylic acids is 1. The normalized spacial score (nSPS) is 30.2. The van der Waals surface area contributed by atoms with Crippen molar-refractivity contribution >= 4 is 5.97 Å². The maximum atomic E-state index is 13.8. The zero-order valence-corrected chi connectivity index (χ0v) is 10.0. The van der Waals surface area contributed by atoms with Gasteiger partial charge in [0.05, 0.1) is 6.61 Å². The van der Waals surface area contributed by atoms with Crippen molar-refractivity contribution < 1.29 is 41.0 Å². The van der Waals surface area contributed by atoms with E-state index in [9.17, 15) is 26.7 Å². The van der Waals surface area contributed by atoms with Crippen LogP contribution >= 0.6 is 0 Å². The molecule has 110 valence electrons. The van der Waals surface area contributed by atoms with E-state index >= 15 is 0 Å². The van der Waals surface area contributed by atoms with Gasteiger partial charge in [-0.15, -0.1) is 0 Å². The summed E-state index contributed by atoms with van der Waals surface area (Å²) in [5, 5.41) is 0. The quantitative estimate of drug-likeness (QED) is 0.453. The molecule has 0 aliphatic carbocycles. The van der Waals surface area contributed by atoms with Gasteiger partial charge in [0.15, 0.2) is 6.10 Å². The van der Waals surface area contributed by atoms with Gasteiger partial charge in [-0.05, 0) is 6.92 Å². The number of esters is 1. The van der Waals surface area contributed by atoms with Gasteiger partial charge in [0.1, 0.15) is 0 Å². The summed E-state index contributed by atoms with van der Waals surface area (Å²) in [7, 11) is 0.435. The first kappa shape index (κ1) is 15.8. The number of ether oxygens (including phenoxy) is 3. The van der Waals surface area contributed by atoms with Crippen molar-refractivity contribution in [2.24, 2.45) is 0 Å². The zero-order valence-electron chi connectivity index (χ0n) is 10.0. The summed E-state index contributed by atoms with van der Waals surface area (Å²) in [6.07, 6.45) is -7.89. The van der Waals surface area contributed by atoms with Crippen LogP contribution in [0.25, 0.3) is 0 Å². The van der Waals surface area contributed by atoms with E-state index in [1.165, 1.54) is 6.92 Å². The number of alkyl halides is 5. The summed E-state index contributed by atoms with van der Waals surface area (Å²) in [5.74, 6) is -9.94. The summed E-state index contributed by atoms with van der Waals surface area (Å²) in [6, 6.07) is 0. The van der Waals surface area contributed by atoms with Gasteiger partial charge in [-0.3, -0.25) is 0 Å². The number of carbonyl (C=O) groups is 1. The second kappa shape index (κ2) is 4.71. The van der Waals surface area contributed by atoms with Gasteiger partial charge >= 0.3 is 23.9 Å². The minimum absolute atomic E-state index is 0.224. The van der Waals surface area contributed by atoms with Gasteiger partial charge < -0.3 is 14.2 Å². The van der Waals surface area contributed by atoms with E-state index in [2.05, 4.69) is 20.8 Å². The van der Waals surface area contributed by atoms with Gasteiger partial charge in [0.2, 0.25) is 0 Å². The lowest BCUT2D eigenvalue weighted by Crippen LogP contribution is -2.61. The van der Waals surface area contributed by atoms with Gasteiger partial charge in [-0.1, -0.05) is 6.58 Å². The van der Waals surface area contributed by atoms with Crippen LogP contribution in [-0.4, -0.2) is 43.7 Å². The number of hydrogen-bond donors (Lipinski definition) is 0. The smallest absolute Gasteiger partial charge is 0.450 e. The van der Waals surface area contributed by atoms with Gasteiger partial charge in [-0.25, -0.2) is 4.79 Å². The van der Waals surface area contributed by atoms with Gasteiger partial charge in [0, 0.05) is 12.7 Å². The minimum atomic E-state index is -5.49. The molecule has 0 aromatic rings. The first-order chi connectivity index (χ1) is 8.49. The van der Waals surface area contributed by atoms with Crippen molar-refractivity contribution in [2.45, 2.75) is 30.9 Å². The van der Waals surface area contributed by atoms with Crippen LogP contribution in [0.5, 0.6) is 0 Å². The lowest BCUT2D eigenvalue weighted by molar-refractivity contribution is -0.412. The molecular weight excluding hydrogens is 279 g/mol. The lowest BCUT2D eigenvalue weighted by atomic mass is 10.1. The third-order valence-corrected chi connectivity index (χ3v) is 2.54. The Morgan fingerprint density at radius 2 is 1.95 bits per heavy atom. The summed E-state index contributed by atoms with van der Waals surface area (Å²) >= 11 is 0. The van der Waals surface area contributed by atoms with Crippen LogP contribution in [0.3, 0.4) is 0 Å². The maximum absolute atomic E-state index is 13.8. The molecule has 2 atom stereocenters. The molecule has 1 aliphatic rings. The molecule has 0 aromatic carbocycles. The highest BCUT2D eigenvalue weighted by atomic mass is 19.4. The monoisotopic (exact) mass is 290 g/mol. The number of hydrogen-bond acceptors (Lipinski definition) is 4. The van der Waals surface area contributed by atoms with Crippen molar-refractivity contribution in [1.29, 1.82) is 0 Å². The predicted molar refractivity (Wildman–Crippen MR) is 51.4 cm³/mol. The van der Waals surface area contributed by atoms with E-state index in [0.29, 0.717) is 7.11 Å². The Hall–Kier alpha value is -1.22. The Bertz CT molecular complexity index is 392. The molecule has 0 aromatic heterocycles. The fourth-order valence-corrected chi connectivity index (χ4v) is 1.53. The Kier molecular flexibility index (Phi) is 3.93. The highest BCUT2D eigenvalue weighted by Gasteiger charge is 2.79. The Morgan fingerprint density at radius 3 is 2.26 bits per heavy atom. The molecule has 0 spiro atoms. The molecule has 1 heterocycles. The Balaban J connectivity index is 3.05. The Morgan fingerprint density at radius 1 is 1.42 bits per heavy atom. The maximum Gasteiger partial charge on any atom is 0.450 e. The number of methoxy groups -OCH3 is 1. The summed E-state index contributed by atoms with van der Waals surface area (Å²) in [4.78, 5) is 11.1. The molecule has 1 aliphatic heterocycles. The fourth-order valence-electron chi connectivity index (χ4n) is 1.53. The third-order valence-electron chi connectivity index (χ3n) is 2.54. The molecule has 2 unspecified atom stereocenters. The fraction of sp³-hybridized carbons (Fsp3) is 0.700. The molecule has 1 saturated heterocycles. The molecule has 1 fully saturated rings. The van der Waals surface area contributed by atoms with Crippen molar-refractivity contribution in [3.05, 3.63) is 12.2 Å².